The first-order chi connectivity index (χ1) is 12.7. The zero-order chi connectivity index (χ0) is 17.7. The molecular weight excluding hydrogens is 346 g/mol. The van der Waals surface area contributed by atoms with E-state index in [-0.39, 0.29) is 5.91 Å². The number of hydrogen-bond donors (Lipinski definition) is 0. The molecule has 3 aromatic rings. The Balaban J connectivity index is 1.29. The molecule has 0 N–H and O–H groups in total. The van der Waals surface area contributed by atoms with Gasteiger partial charge in [0.25, 0.3) is 5.91 Å². The fourth-order valence-electron chi connectivity index (χ4n) is 4.13. The van der Waals surface area contributed by atoms with E-state index in [4.69, 9.17) is 0 Å². The lowest BCUT2D eigenvalue weighted by Crippen LogP contribution is -2.33. The maximum absolute atomic E-state index is 12.9. The highest BCUT2D eigenvalue weighted by Gasteiger charge is 2.42. The molecule has 0 bridgehead atoms. The molecule has 2 aliphatic heterocycles. The van der Waals surface area contributed by atoms with Crippen molar-refractivity contribution in [1.29, 1.82) is 0 Å². The van der Waals surface area contributed by atoms with Crippen LogP contribution in [0, 0.1) is 18.8 Å². The van der Waals surface area contributed by atoms with Crippen LogP contribution in [-0.2, 0) is 0 Å². The number of carbonyl (C=O) groups is 1. The normalized spacial score (nSPS) is 22.2. The average molecular weight is 365 g/mol. The predicted octanol–water partition coefficient (Wildman–Crippen LogP) is 2.60. The van der Waals surface area contributed by atoms with Gasteiger partial charge in [-0.2, -0.15) is 0 Å². The third-order valence-electron chi connectivity index (χ3n) is 5.47. The number of aryl methyl sites for hydroxylation is 1. The molecule has 2 fully saturated rings. The van der Waals surface area contributed by atoms with Crippen LogP contribution in [0.15, 0.2) is 36.1 Å². The second-order valence-corrected chi connectivity index (χ2v) is 8.07. The van der Waals surface area contributed by atoms with Gasteiger partial charge in [-0.15, -0.1) is 11.3 Å². The molecule has 2 saturated heterocycles. The first-order valence-electron chi connectivity index (χ1n) is 8.83. The van der Waals surface area contributed by atoms with E-state index in [1.54, 1.807) is 17.7 Å². The highest BCUT2D eigenvalue weighted by Crippen LogP contribution is 2.34. The minimum Gasteiger partial charge on any atom is -0.356 e. The lowest BCUT2D eigenvalue weighted by molar-refractivity contribution is 0.0783. The Labute approximate surface area is 155 Å². The van der Waals surface area contributed by atoms with Crippen molar-refractivity contribution in [3.05, 3.63) is 47.4 Å². The van der Waals surface area contributed by atoms with E-state index in [0.29, 0.717) is 11.8 Å². The summed E-state index contributed by atoms with van der Waals surface area (Å²) in [4.78, 5) is 30.1. The summed E-state index contributed by atoms with van der Waals surface area (Å²) < 4.78 is 1.07. The van der Waals surface area contributed by atoms with E-state index in [1.165, 1.54) is 0 Å². The number of fused-ring (bicyclic) bond motifs is 2. The van der Waals surface area contributed by atoms with Crippen molar-refractivity contribution in [1.82, 2.24) is 19.9 Å². The van der Waals surface area contributed by atoms with Crippen molar-refractivity contribution in [2.24, 2.45) is 11.8 Å². The molecule has 4 heterocycles. The highest BCUT2D eigenvalue weighted by molar-refractivity contribution is 7.16. The van der Waals surface area contributed by atoms with Gasteiger partial charge >= 0.3 is 0 Å². The smallest absolute Gasteiger partial charge is 0.253 e. The van der Waals surface area contributed by atoms with Crippen LogP contribution in [0.25, 0.3) is 10.2 Å². The molecule has 6 nitrogen and oxygen atoms in total. The first kappa shape index (κ1) is 15.7. The van der Waals surface area contributed by atoms with Crippen LogP contribution in [0.3, 0.4) is 0 Å². The van der Waals surface area contributed by atoms with Gasteiger partial charge in [-0.05, 0) is 25.1 Å². The molecule has 2 aliphatic rings. The maximum atomic E-state index is 12.9. The van der Waals surface area contributed by atoms with Gasteiger partial charge in [-0.1, -0.05) is 0 Å². The Morgan fingerprint density at radius 2 is 1.88 bits per heavy atom. The summed E-state index contributed by atoms with van der Waals surface area (Å²) in [6.07, 6.45) is 1.63. The van der Waals surface area contributed by atoms with Crippen molar-refractivity contribution in [2.75, 3.05) is 31.1 Å². The van der Waals surface area contributed by atoms with Crippen LogP contribution in [0.4, 0.5) is 5.82 Å². The minimum atomic E-state index is 0.138. The van der Waals surface area contributed by atoms with Crippen LogP contribution in [0.1, 0.15) is 16.1 Å². The van der Waals surface area contributed by atoms with Crippen LogP contribution in [0.5, 0.6) is 0 Å². The van der Waals surface area contributed by atoms with Crippen molar-refractivity contribution in [3.63, 3.8) is 0 Å². The number of rotatable bonds is 2. The lowest BCUT2D eigenvalue weighted by Gasteiger charge is -2.22. The fraction of sp³-hybridized carbons (Fsp3) is 0.368. The van der Waals surface area contributed by atoms with Crippen LogP contribution in [0.2, 0.25) is 0 Å². The van der Waals surface area contributed by atoms with E-state index < -0.39 is 0 Å². The van der Waals surface area contributed by atoms with Gasteiger partial charge in [-0.3, -0.25) is 4.79 Å². The van der Waals surface area contributed by atoms with Crippen LogP contribution < -0.4 is 4.90 Å². The summed E-state index contributed by atoms with van der Waals surface area (Å²) in [7, 11) is 0. The largest absolute Gasteiger partial charge is 0.356 e. The number of nitrogens with zero attached hydrogens (tertiary/aromatic N) is 5. The van der Waals surface area contributed by atoms with E-state index in [2.05, 4.69) is 19.9 Å². The van der Waals surface area contributed by atoms with Crippen molar-refractivity contribution >= 4 is 33.3 Å². The Kier molecular flexibility index (Phi) is 3.63. The summed E-state index contributed by atoms with van der Waals surface area (Å²) in [5.74, 6) is 2.17. The number of thiazole rings is 1. The number of anilines is 1. The third kappa shape index (κ3) is 2.63. The third-order valence-corrected chi connectivity index (χ3v) is 6.26. The predicted molar refractivity (Wildman–Crippen MR) is 101 cm³/mol. The molecule has 0 spiro atoms. The molecular formula is C19H19N5OS. The quantitative estimate of drug-likeness (QED) is 0.699. The van der Waals surface area contributed by atoms with E-state index in [1.807, 2.05) is 41.6 Å². The Morgan fingerprint density at radius 1 is 1.08 bits per heavy atom. The standard InChI is InChI=1S/C19H19N5OS/c1-12-4-18(21-10-20-12)23-6-14-8-24(9-15(14)7-23)19(25)13-2-3-16-17(5-13)26-11-22-16/h2-5,10-11,14-15H,6-9H2,1H3. The van der Waals surface area contributed by atoms with Crippen molar-refractivity contribution in [2.45, 2.75) is 6.92 Å². The van der Waals surface area contributed by atoms with E-state index in [0.717, 1.165) is 53.5 Å². The summed E-state index contributed by atoms with van der Waals surface area (Å²) in [5, 5.41) is 0. The molecule has 0 saturated carbocycles. The molecule has 1 aromatic carbocycles. The minimum absolute atomic E-state index is 0.138. The lowest BCUT2D eigenvalue weighted by atomic mass is 10.0. The second kappa shape index (κ2) is 6.02. The molecule has 0 aliphatic carbocycles. The Bertz CT molecular complexity index is 973. The number of likely N-dealkylation sites (tertiary alicyclic amines) is 1. The highest BCUT2D eigenvalue weighted by atomic mass is 32.1. The SMILES string of the molecule is Cc1cc(N2CC3CN(C(=O)c4ccc5ncsc5c4)CC3C2)ncn1. The number of carbonyl (C=O) groups excluding carboxylic acids is 1. The molecule has 132 valence electrons. The molecule has 7 heteroatoms. The number of benzene rings is 1. The summed E-state index contributed by atoms with van der Waals surface area (Å²) in [6, 6.07) is 7.84. The maximum Gasteiger partial charge on any atom is 0.253 e. The van der Waals surface area contributed by atoms with Gasteiger partial charge in [0, 0.05) is 55.3 Å². The van der Waals surface area contributed by atoms with Crippen molar-refractivity contribution in [3.8, 4) is 0 Å². The molecule has 2 aromatic heterocycles. The zero-order valence-electron chi connectivity index (χ0n) is 14.5. The van der Waals surface area contributed by atoms with Crippen LogP contribution >= 0.6 is 11.3 Å². The molecule has 0 radical (unpaired) electrons. The van der Waals surface area contributed by atoms with Gasteiger partial charge in [0.1, 0.15) is 12.1 Å². The van der Waals surface area contributed by atoms with Gasteiger partial charge in [0.15, 0.2) is 0 Å². The first-order valence-corrected chi connectivity index (χ1v) is 9.71. The van der Waals surface area contributed by atoms with Crippen LogP contribution in [-0.4, -0.2) is 51.9 Å². The second-order valence-electron chi connectivity index (χ2n) is 7.19. The summed E-state index contributed by atoms with van der Waals surface area (Å²) >= 11 is 1.58. The topological polar surface area (TPSA) is 62.2 Å². The number of aromatic nitrogens is 3. The summed E-state index contributed by atoms with van der Waals surface area (Å²) in [5.41, 5.74) is 4.54. The van der Waals surface area contributed by atoms with E-state index >= 15 is 0 Å². The molecule has 1 amide bonds. The van der Waals surface area contributed by atoms with Gasteiger partial charge < -0.3 is 9.80 Å². The summed E-state index contributed by atoms with van der Waals surface area (Å²) in [6.45, 7) is 5.55. The average Bonchev–Trinajstić information content (AvgIpc) is 3.34. The molecule has 2 atom stereocenters. The molecule has 2 unspecified atom stereocenters. The Hall–Kier alpha value is -2.54. The number of hydrogen-bond acceptors (Lipinski definition) is 6. The molecule has 26 heavy (non-hydrogen) atoms. The van der Waals surface area contributed by atoms with Gasteiger partial charge in [0.2, 0.25) is 0 Å². The fourth-order valence-corrected chi connectivity index (χ4v) is 4.85. The monoisotopic (exact) mass is 365 g/mol. The van der Waals surface area contributed by atoms with E-state index in [9.17, 15) is 4.79 Å². The zero-order valence-corrected chi connectivity index (χ0v) is 15.3. The number of amides is 1. The van der Waals surface area contributed by atoms with Gasteiger partial charge in [-0.25, -0.2) is 15.0 Å². The van der Waals surface area contributed by atoms with Gasteiger partial charge in [0.05, 0.1) is 15.7 Å². The Morgan fingerprint density at radius 3 is 2.65 bits per heavy atom. The van der Waals surface area contributed by atoms with Crippen molar-refractivity contribution < 1.29 is 4.79 Å². The molecule has 5 rings (SSSR count).